The molecule has 0 spiro atoms. The highest BCUT2D eigenvalue weighted by Gasteiger charge is 2.14. The van der Waals surface area contributed by atoms with E-state index in [9.17, 15) is 9.59 Å². The number of carbonyl (C=O) groups is 2. The van der Waals surface area contributed by atoms with Crippen LogP contribution < -0.4 is 5.32 Å². The molecule has 1 aromatic heterocycles. The molecule has 1 aliphatic rings. The van der Waals surface area contributed by atoms with Gasteiger partial charge in [0.25, 0.3) is 0 Å². The monoisotopic (exact) mass is 249 g/mol. The highest BCUT2D eigenvalue weighted by molar-refractivity contribution is 5.84. The summed E-state index contributed by atoms with van der Waals surface area (Å²) in [5.74, 6) is -0.486. The van der Waals surface area contributed by atoms with E-state index in [-0.39, 0.29) is 18.2 Å². The number of carboxylic acids is 1. The van der Waals surface area contributed by atoms with Crippen molar-refractivity contribution in [2.45, 2.75) is 25.8 Å². The average molecular weight is 249 g/mol. The van der Waals surface area contributed by atoms with Crippen LogP contribution in [0.2, 0.25) is 0 Å². The first-order valence-corrected chi connectivity index (χ1v) is 5.90. The molecule has 1 amide bonds. The van der Waals surface area contributed by atoms with Crippen LogP contribution in [0.3, 0.4) is 0 Å². The SMILES string of the molecule is O=C(CC1C=CCC1)NCc1ccc(C(=O)O)o1. The molecule has 0 fully saturated rings. The van der Waals surface area contributed by atoms with Gasteiger partial charge in [-0.3, -0.25) is 4.79 Å². The Labute approximate surface area is 104 Å². The molecular formula is C13H15NO4. The lowest BCUT2D eigenvalue weighted by Gasteiger charge is -2.07. The molecule has 1 unspecified atom stereocenters. The Morgan fingerprint density at radius 1 is 1.44 bits per heavy atom. The Hall–Kier alpha value is -2.04. The standard InChI is InChI=1S/C13H15NO4/c15-12(7-9-3-1-2-4-9)14-8-10-5-6-11(18-10)13(16)17/h1,3,5-6,9H,2,4,7-8H2,(H,14,15)(H,16,17). The van der Waals surface area contributed by atoms with E-state index in [0.29, 0.717) is 18.1 Å². The third-order valence-corrected chi connectivity index (χ3v) is 2.89. The van der Waals surface area contributed by atoms with Crippen molar-refractivity contribution in [3.05, 3.63) is 35.8 Å². The Morgan fingerprint density at radius 2 is 2.28 bits per heavy atom. The molecule has 1 aromatic rings. The topological polar surface area (TPSA) is 79.5 Å². The number of aromatic carboxylic acids is 1. The first kappa shape index (κ1) is 12.4. The molecule has 0 aliphatic heterocycles. The smallest absolute Gasteiger partial charge is 0.371 e. The van der Waals surface area contributed by atoms with Crippen LogP contribution in [0.15, 0.2) is 28.7 Å². The van der Waals surface area contributed by atoms with Gasteiger partial charge in [-0.05, 0) is 30.9 Å². The van der Waals surface area contributed by atoms with Gasteiger partial charge in [-0.2, -0.15) is 0 Å². The van der Waals surface area contributed by atoms with Crippen LogP contribution in [0.4, 0.5) is 0 Å². The van der Waals surface area contributed by atoms with E-state index in [0.717, 1.165) is 12.8 Å². The van der Waals surface area contributed by atoms with E-state index in [1.165, 1.54) is 6.07 Å². The fourth-order valence-electron chi connectivity index (χ4n) is 1.95. The Kier molecular flexibility index (Phi) is 3.82. The van der Waals surface area contributed by atoms with Crippen molar-refractivity contribution < 1.29 is 19.1 Å². The van der Waals surface area contributed by atoms with E-state index in [4.69, 9.17) is 9.52 Å². The lowest BCUT2D eigenvalue weighted by molar-refractivity contribution is -0.121. The fourth-order valence-corrected chi connectivity index (χ4v) is 1.95. The van der Waals surface area contributed by atoms with Gasteiger partial charge >= 0.3 is 5.97 Å². The maximum absolute atomic E-state index is 11.6. The summed E-state index contributed by atoms with van der Waals surface area (Å²) in [5, 5.41) is 11.4. The molecule has 2 N–H and O–H groups in total. The van der Waals surface area contributed by atoms with Gasteiger partial charge in [0, 0.05) is 6.42 Å². The van der Waals surface area contributed by atoms with Gasteiger partial charge in [-0.1, -0.05) is 12.2 Å². The largest absolute Gasteiger partial charge is 0.475 e. The maximum atomic E-state index is 11.6. The molecule has 1 aliphatic carbocycles. The summed E-state index contributed by atoms with van der Waals surface area (Å²) in [6.07, 6.45) is 6.69. The number of furan rings is 1. The zero-order chi connectivity index (χ0) is 13.0. The summed E-state index contributed by atoms with van der Waals surface area (Å²) in [5.41, 5.74) is 0. The summed E-state index contributed by atoms with van der Waals surface area (Å²) in [7, 11) is 0. The van der Waals surface area contributed by atoms with Crippen LogP contribution in [-0.2, 0) is 11.3 Å². The predicted molar refractivity (Wildman–Crippen MR) is 64.0 cm³/mol. The van der Waals surface area contributed by atoms with E-state index in [1.807, 2.05) is 0 Å². The average Bonchev–Trinajstić information content (AvgIpc) is 2.96. The molecule has 18 heavy (non-hydrogen) atoms. The first-order chi connectivity index (χ1) is 8.65. The van der Waals surface area contributed by atoms with Gasteiger partial charge in [-0.15, -0.1) is 0 Å². The summed E-state index contributed by atoms with van der Waals surface area (Å²) in [6.45, 7) is 0.225. The normalized spacial score (nSPS) is 17.9. The zero-order valence-corrected chi connectivity index (χ0v) is 9.89. The van der Waals surface area contributed by atoms with Gasteiger partial charge in [0.2, 0.25) is 11.7 Å². The molecular weight excluding hydrogens is 234 g/mol. The molecule has 0 saturated heterocycles. The summed E-state index contributed by atoms with van der Waals surface area (Å²) >= 11 is 0. The lowest BCUT2D eigenvalue weighted by atomic mass is 10.1. The van der Waals surface area contributed by atoms with Gasteiger partial charge in [0.05, 0.1) is 6.54 Å². The van der Waals surface area contributed by atoms with Crippen molar-refractivity contribution in [3.63, 3.8) is 0 Å². The van der Waals surface area contributed by atoms with E-state index < -0.39 is 5.97 Å². The second-order valence-electron chi connectivity index (χ2n) is 4.32. The Morgan fingerprint density at radius 3 is 2.89 bits per heavy atom. The third kappa shape index (κ3) is 3.23. The lowest BCUT2D eigenvalue weighted by Crippen LogP contribution is -2.24. The number of carboxylic acid groups (broad SMARTS) is 1. The molecule has 2 rings (SSSR count). The number of rotatable bonds is 5. The second kappa shape index (κ2) is 5.53. The highest BCUT2D eigenvalue weighted by Crippen LogP contribution is 2.20. The molecule has 96 valence electrons. The van der Waals surface area contributed by atoms with Gasteiger partial charge < -0.3 is 14.8 Å². The van der Waals surface area contributed by atoms with Crippen LogP contribution in [0, 0.1) is 5.92 Å². The van der Waals surface area contributed by atoms with Crippen LogP contribution >= 0.6 is 0 Å². The van der Waals surface area contributed by atoms with Crippen molar-refractivity contribution in [2.75, 3.05) is 0 Å². The van der Waals surface area contributed by atoms with Crippen molar-refractivity contribution >= 4 is 11.9 Å². The summed E-state index contributed by atoms with van der Waals surface area (Å²) < 4.78 is 5.04. The Bertz CT molecular complexity index is 475. The Balaban J connectivity index is 1.77. The molecule has 0 radical (unpaired) electrons. The third-order valence-electron chi connectivity index (χ3n) is 2.89. The highest BCUT2D eigenvalue weighted by atomic mass is 16.4. The predicted octanol–water partition coefficient (Wildman–Crippen LogP) is 1.95. The zero-order valence-electron chi connectivity index (χ0n) is 9.89. The van der Waals surface area contributed by atoms with Crippen LogP contribution in [0.1, 0.15) is 35.6 Å². The molecule has 5 heteroatoms. The van der Waals surface area contributed by atoms with Crippen LogP contribution in [0.25, 0.3) is 0 Å². The molecule has 5 nitrogen and oxygen atoms in total. The van der Waals surface area contributed by atoms with Crippen LogP contribution in [0.5, 0.6) is 0 Å². The maximum Gasteiger partial charge on any atom is 0.371 e. The molecule has 0 saturated carbocycles. The van der Waals surface area contributed by atoms with Crippen LogP contribution in [-0.4, -0.2) is 17.0 Å². The van der Waals surface area contributed by atoms with E-state index in [2.05, 4.69) is 17.5 Å². The number of nitrogens with one attached hydrogen (secondary N) is 1. The molecule has 0 aromatic carbocycles. The van der Waals surface area contributed by atoms with Crippen molar-refractivity contribution in [3.8, 4) is 0 Å². The van der Waals surface area contributed by atoms with Gasteiger partial charge in [-0.25, -0.2) is 4.79 Å². The van der Waals surface area contributed by atoms with E-state index in [1.54, 1.807) is 6.07 Å². The summed E-state index contributed by atoms with van der Waals surface area (Å²) in [6, 6.07) is 2.93. The molecule has 0 bridgehead atoms. The number of amides is 1. The molecule has 1 heterocycles. The number of allylic oxidation sites excluding steroid dienone is 2. The fraction of sp³-hybridized carbons (Fsp3) is 0.385. The summed E-state index contributed by atoms with van der Waals surface area (Å²) in [4.78, 5) is 22.2. The number of hydrogen-bond donors (Lipinski definition) is 2. The van der Waals surface area contributed by atoms with Crippen molar-refractivity contribution in [2.24, 2.45) is 5.92 Å². The van der Waals surface area contributed by atoms with E-state index >= 15 is 0 Å². The minimum Gasteiger partial charge on any atom is -0.475 e. The molecule has 1 atom stereocenters. The quantitative estimate of drug-likeness (QED) is 0.782. The van der Waals surface area contributed by atoms with Crippen molar-refractivity contribution in [1.82, 2.24) is 5.32 Å². The first-order valence-electron chi connectivity index (χ1n) is 5.90. The van der Waals surface area contributed by atoms with Crippen molar-refractivity contribution in [1.29, 1.82) is 0 Å². The number of hydrogen-bond acceptors (Lipinski definition) is 3. The van der Waals surface area contributed by atoms with Gasteiger partial charge in [0.1, 0.15) is 5.76 Å². The minimum absolute atomic E-state index is 0.0418. The minimum atomic E-state index is -1.11. The van der Waals surface area contributed by atoms with Gasteiger partial charge in [0.15, 0.2) is 0 Å². The second-order valence-corrected chi connectivity index (χ2v) is 4.32. The number of carbonyl (C=O) groups excluding carboxylic acids is 1.